The van der Waals surface area contributed by atoms with Crippen LogP contribution in [0.25, 0.3) is 21.5 Å². The summed E-state index contributed by atoms with van der Waals surface area (Å²) in [6.45, 7) is 46.0. The lowest BCUT2D eigenvalue weighted by Crippen LogP contribution is -2.39. The smallest absolute Gasteiger partial charge is 0.344 e. The quantitative estimate of drug-likeness (QED) is 0.0260. The Hall–Kier alpha value is -10.5. The Morgan fingerprint density at radius 3 is 1.14 bits per heavy atom. The van der Waals surface area contributed by atoms with Crippen LogP contribution in [0.3, 0.4) is 0 Å². The number of rotatable bonds is 40. The summed E-state index contributed by atoms with van der Waals surface area (Å²) < 4.78 is 56.5. The fourth-order valence-corrected chi connectivity index (χ4v) is 19.1. The lowest BCUT2D eigenvalue weighted by atomic mass is 9.79. The van der Waals surface area contributed by atoms with E-state index in [2.05, 4.69) is 143 Å². The monoisotopic (exact) mass is 1920 g/mol. The van der Waals surface area contributed by atoms with E-state index in [1.54, 1.807) is 0 Å². The number of hydrogen-bond acceptors (Lipinski definition) is 16. The van der Waals surface area contributed by atoms with E-state index < -0.39 is 22.2 Å². The lowest BCUT2D eigenvalue weighted by molar-refractivity contribution is -0.166. The van der Waals surface area contributed by atoms with Crippen LogP contribution < -0.4 is 23.7 Å². The zero-order valence-corrected chi connectivity index (χ0v) is 89.4. The number of carbonyl (C=O) groups excluding carboxylic acids is 6. The molecule has 0 N–H and O–H groups in total. The summed E-state index contributed by atoms with van der Waals surface area (Å²) in [7, 11) is 0. The Morgan fingerprint density at radius 2 is 0.686 bits per heavy atom. The van der Waals surface area contributed by atoms with Gasteiger partial charge in [0.05, 0.1) is 5.41 Å². The molecule has 0 spiro atoms. The molecule has 9 aromatic carbocycles. The van der Waals surface area contributed by atoms with Crippen LogP contribution in [-0.2, 0) is 52.5 Å². The first-order valence-corrected chi connectivity index (χ1v) is 53.1. The summed E-state index contributed by atoms with van der Waals surface area (Å²) in [6.07, 6.45) is 29.5. The number of ether oxygens (including phenoxy) is 10. The van der Waals surface area contributed by atoms with Gasteiger partial charge in [-0.3, -0.25) is 9.59 Å². The number of hydrogen-bond donors (Lipinski definition) is 0. The number of benzene rings is 9. The molecule has 4 aliphatic rings. The Balaban J connectivity index is 0.000000207. The van der Waals surface area contributed by atoms with E-state index in [0.29, 0.717) is 71.0 Å². The van der Waals surface area contributed by atoms with Crippen molar-refractivity contribution in [2.45, 2.75) is 378 Å². The van der Waals surface area contributed by atoms with Gasteiger partial charge < -0.3 is 47.4 Å². The van der Waals surface area contributed by atoms with Crippen LogP contribution in [0, 0.1) is 28.6 Å². The Bertz CT molecular complexity index is 5180. The second kappa shape index (κ2) is 57.6. The first-order valence-electron chi connectivity index (χ1n) is 53.1. The number of esters is 5. The van der Waals surface area contributed by atoms with Gasteiger partial charge in [0.1, 0.15) is 64.4 Å². The molecule has 0 aromatic heterocycles. The van der Waals surface area contributed by atoms with Gasteiger partial charge in [0, 0.05) is 11.8 Å². The summed E-state index contributed by atoms with van der Waals surface area (Å²) in [6, 6.07) is 68.5. The van der Waals surface area contributed by atoms with E-state index in [-0.39, 0.29) is 86.3 Å². The molecule has 7 atom stereocenters. The highest BCUT2D eigenvalue weighted by molar-refractivity contribution is 5.92. The minimum absolute atomic E-state index is 0.0277. The summed E-state index contributed by atoms with van der Waals surface area (Å²) in [4.78, 5) is 72.9. The van der Waals surface area contributed by atoms with E-state index in [9.17, 15) is 28.8 Å². The van der Waals surface area contributed by atoms with Crippen LogP contribution in [0.1, 0.15) is 400 Å². The average Bonchev–Trinajstić information content (AvgIpc) is 0.898. The molecule has 0 saturated heterocycles. The van der Waals surface area contributed by atoms with Gasteiger partial charge in [-0.1, -0.05) is 305 Å². The molecule has 140 heavy (non-hydrogen) atoms. The number of ketones is 1. The van der Waals surface area contributed by atoms with Gasteiger partial charge in [0.15, 0.2) is 32.2 Å². The molecule has 4 saturated carbocycles. The second-order valence-electron chi connectivity index (χ2n) is 42.1. The number of carbonyl (C=O) groups is 6. The summed E-state index contributed by atoms with van der Waals surface area (Å²) >= 11 is 0. The maximum absolute atomic E-state index is 12.6. The molecule has 0 amide bonds. The molecule has 9 aromatic rings. The molecule has 16 nitrogen and oxygen atoms in total. The minimum atomic E-state index is -0.420. The molecule has 0 aliphatic heterocycles. The molecule has 0 bridgehead atoms. The molecule has 4 fully saturated rings. The standard InChI is InChI=1S/C25H34O3.C24H32O2.C21H32O3.C20H30O3.C20H24O3.C14H20O2/c1-5-18(2)19-11-12-21-16-23(14-13-20(21)15-19)27-17-24(26)28-25(3,4)22-9-7-6-8-10-22;1-4-18(3)20-10-8-12-22-21(20)11-9-13-23(22)26-17-19(25)16-24(5-2)14-6-7-15-24;1-5-16(2)17-10-9-13-19(14-17)23-15-20(22)24-21(3,4)18-11-7-6-8-12-18;1-5-15(2)16-10-12-18(13-11-16)22-14-19(21)23-20(3,4)17-8-6-7-9-17;1-4-15(2)17-10-12-19(13-11-17)22-14-20(21)23-16(3)18-8-6-5-7-9-18;1-5-14(3,4)13(15)16-11(2)12-9-7-6-8-10-12/h11-16,18,22H,5-10,17H2,1-4H3;8-13,18H,4-7,14-17H2,1-3H3;9-10,13-14,16,18H,5-8,11-12,15H2,1-4H3;10-13,15,17H,5-9,14H2,1-4H3;5-13,15-16H,4,14H2,1-3H3;6-11H,5H2,1-4H3. The molecule has 764 valence electrons. The minimum Gasteiger partial charge on any atom is -0.485 e. The highest BCUT2D eigenvalue weighted by Crippen LogP contribution is 2.45. The Labute approximate surface area is 841 Å². The van der Waals surface area contributed by atoms with Crippen LogP contribution >= 0.6 is 0 Å². The van der Waals surface area contributed by atoms with Crippen molar-refractivity contribution < 1.29 is 76.1 Å². The van der Waals surface area contributed by atoms with Crippen molar-refractivity contribution in [1.82, 2.24) is 0 Å². The van der Waals surface area contributed by atoms with Crippen molar-refractivity contribution in [1.29, 1.82) is 0 Å². The van der Waals surface area contributed by atoms with Crippen molar-refractivity contribution >= 4 is 57.2 Å². The van der Waals surface area contributed by atoms with Crippen molar-refractivity contribution in [2.75, 3.05) is 33.0 Å². The van der Waals surface area contributed by atoms with Crippen molar-refractivity contribution in [3.63, 3.8) is 0 Å². The predicted molar refractivity (Wildman–Crippen MR) is 571 cm³/mol. The van der Waals surface area contributed by atoms with Gasteiger partial charge in [-0.05, 0) is 322 Å². The van der Waals surface area contributed by atoms with E-state index in [4.69, 9.17) is 47.4 Å². The maximum Gasteiger partial charge on any atom is 0.344 e. The van der Waals surface area contributed by atoms with Crippen molar-refractivity contribution in [3.05, 3.63) is 245 Å². The molecular weight excluding hydrogens is 1750 g/mol. The van der Waals surface area contributed by atoms with E-state index in [1.165, 1.54) is 116 Å². The molecule has 13 rings (SSSR count). The molecule has 7 unspecified atom stereocenters. The first-order chi connectivity index (χ1) is 66.9. The van der Waals surface area contributed by atoms with Gasteiger partial charge in [0.25, 0.3) is 0 Å². The summed E-state index contributed by atoms with van der Waals surface area (Å²) in [5.74, 6) is 6.58. The second-order valence-corrected chi connectivity index (χ2v) is 42.1. The Kier molecular flexibility index (Phi) is 47.2. The van der Waals surface area contributed by atoms with Gasteiger partial charge >= 0.3 is 29.8 Å². The molecule has 4 aliphatic carbocycles. The van der Waals surface area contributed by atoms with E-state index in [1.807, 2.05) is 216 Å². The normalized spacial score (nSPS) is 16.0. The number of Topliss-reactive ketones (excluding diaryl/α,β-unsaturated/α-hetero) is 1. The van der Waals surface area contributed by atoms with Gasteiger partial charge in [-0.25, -0.2) is 19.2 Å². The molecule has 0 radical (unpaired) electrons. The first kappa shape index (κ1) is 115. The van der Waals surface area contributed by atoms with Crippen LogP contribution in [-0.4, -0.2) is 85.5 Å². The predicted octanol–water partition coefficient (Wildman–Crippen LogP) is 32.5. The third-order valence-corrected chi connectivity index (χ3v) is 30.3. The van der Waals surface area contributed by atoms with E-state index >= 15 is 0 Å². The topological polar surface area (TPSA) is 195 Å². The summed E-state index contributed by atoms with van der Waals surface area (Å²) in [5.41, 5.74) is 7.16. The SMILES string of the molecule is CCC(C)(C)C(=O)OC(C)c1ccccc1.CCC(C)c1ccc(OCC(=O)OC(C)(C)C2CCCC2)cc1.CCC(C)c1ccc(OCC(=O)OC(C)c2ccccc2)cc1.CCC(C)c1ccc2cc(OCC(=O)OC(C)(C)C3CCCCC3)ccc2c1.CCC(C)c1cccc(OCC(=O)OC(C)(C)C2CCCCC2)c1.CCC(C)c1cccc2c(OCC(=O)CC3(CC)CCCC3)cccc12. The lowest BCUT2D eigenvalue weighted by Gasteiger charge is -2.36. The summed E-state index contributed by atoms with van der Waals surface area (Å²) in [5, 5.41) is 4.68. The molecular formula is C124H172O16. The largest absolute Gasteiger partial charge is 0.485 e. The van der Waals surface area contributed by atoms with E-state index in [0.717, 1.165) is 117 Å². The Morgan fingerprint density at radius 1 is 0.321 bits per heavy atom. The number of fused-ring (bicyclic) bond motifs is 2. The van der Waals surface area contributed by atoms with Crippen LogP contribution in [0.5, 0.6) is 28.7 Å². The van der Waals surface area contributed by atoms with Crippen LogP contribution in [0.4, 0.5) is 0 Å². The molecule has 16 heteroatoms. The fourth-order valence-electron chi connectivity index (χ4n) is 19.1. The fraction of sp³-hybridized carbons (Fsp3) is 0.548. The average molecular weight is 1920 g/mol. The zero-order valence-electron chi connectivity index (χ0n) is 89.4. The van der Waals surface area contributed by atoms with Gasteiger partial charge in [-0.15, -0.1) is 0 Å². The van der Waals surface area contributed by atoms with Gasteiger partial charge in [0.2, 0.25) is 0 Å². The maximum atomic E-state index is 12.6. The van der Waals surface area contributed by atoms with Crippen LogP contribution in [0.15, 0.2) is 206 Å². The molecule has 0 heterocycles. The van der Waals surface area contributed by atoms with Crippen LogP contribution in [0.2, 0.25) is 0 Å². The van der Waals surface area contributed by atoms with Crippen molar-refractivity contribution in [2.24, 2.45) is 28.6 Å². The van der Waals surface area contributed by atoms with Gasteiger partial charge in [-0.2, -0.15) is 0 Å². The highest BCUT2D eigenvalue weighted by atomic mass is 16.6. The van der Waals surface area contributed by atoms with Crippen molar-refractivity contribution in [3.8, 4) is 28.7 Å². The highest BCUT2D eigenvalue weighted by Gasteiger charge is 2.39. The third-order valence-electron chi connectivity index (χ3n) is 30.3. The third kappa shape index (κ3) is 37.1. The zero-order chi connectivity index (χ0) is 102.